The molecule has 0 aromatic carbocycles. The molecule has 0 N–H and O–H groups in total. The molecular formula is C13H18N4O2. The Bertz CT molecular complexity index is 575. The second kappa shape index (κ2) is 5.34. The van der Waals surface area contributed by atoms with Crippen LogP contribution >= 0.6 is 0 Å². The van der Waals surface area contributed by atoms with Crippen LogP contribution in [0.4, 0.5) is 0 Å². The van der Waals surface area contributed by atoms with E-state index in [0.29, 0.717) is 30.9 Å². The van der Waals surface area contributed by atoms with Crippen LogP contribution in [0.3, 0.4) is 0 Å². The van der Waals surface area contributed by atoms with E-state index in [1.807, 2.05) is 13.8 Å². The van der Waals surface area contributed by atoms with Gasteiger partial charge < -0.3 is 4.74 Å². The summed E-state index contributed by atoms with van der Waals surface area (Å²) in [5, 5.41) is 8.27. The van der Waals surface area contributed by atoms with Crippen molar-refractivity contribution in [3.05, 3.63) is 24.4 Å². The van der Waals surface area contributed by atoms with Gasteiger partial charge in [-0.1, -0.05) is 13.8 Å². The van der Waals surface area contributed by atoms with Gasteiger partial charge in [0.15, 0.2) is 11.5 Å². The van der Waals surface area contributed by atoms with E-state index in [0.717, 1.165) is 0 Å². The molecule has 19 heavy (non-hydrogen) atoms. The van der Waals surface area contributed by atoms with Crippen LogP contribution < -0.4 is 0 Å². The summed E-state index contributed by atoms with van der Waals surface area (Å²) in [5.74, 6) is 0.345. The van der Waals surface area contributed by atoms with Gasteiger partial charge in [-0.05, 0) is 19.8 Å². The maximum atomic E-state index is 12.3. The molecule has 2 rings (SSSR count). The van der Waals surface area contributed by atoms with Gasteiger partial charge in [0.05, 0.1) is 6.61 Å². The number of ether oxygens (including phenoxy) is 1. The maximum absolute atomic E-state index is 12.3. The normalized spacial score (nSPS) is 11.7. The van der Waals surface area contributed by atoms with Crippen LogP contribution in [0.1, 0.15) is 39.4 Å². The fourth-order valence-electron chi connectivity index (χ4n) is 2.29. The van der Waals surface area contributed by atoms with Gasteiger partial charge in [-0.3, -0.25) is 9.20 Å². The van der Waals surface area contributed by atoms with E-state index >= 15 is 0 Å². The van der Waals surface area contributed by atoms with Crippen molar-refractivity contribution in [2.75, 3.05) is 6.61 Å². The van der Waals surface area contributed by atoms with Gasteiger partial charge >= 0.3 is 5.97 Å². The summed E-state index contributed by atoms with van der Waals surface area (Å²) >= 11 is 0. The second-order valence-corrected chi connectivity index (χ2v) is 4.34. The highest BCUT2D eigenvalue weighted by atomic mass is 16.5. The van der Waals surface area contributed by atoms with Crippen molar-refractivity contribution in [3.63, 3.8) is 0 Å². The molecule has 2 aromatic rings. The van der Waals surface area contributed by atoms with Gasteiger partial charge in [-0.15, -0.1) is 10.2 Å². The summed E-state index contributed by atoms with van der Waals surface area (Å²) in [7, 11) is 0. The second-order valence-electron chi connectivity index (χ2n) is 4.34. The fraction of sp³-hybridized carbons (Fsp3) is 0.538. The first-order valence-corrected chi connectivity index (χ1v) is 6.52. The summed E-state index contributed by atoms with van der Waals surface area (Å²) in [6.07, 6.45) is 4.50. The number of aromatic nitrogens is 4. The van der Waals surface area contributed by atoms with Crippen molar-refractivity contribution in [1.82, 2.24) is 19.6 Å². The minimum Gasteiger partial charge on any atom is -0.465 e. The largest absolute Gasteiger partial charge is 0.465 e. The van der Waals surface area contributed by atoms with E-state index in [-0.39, 0.29) is 5.97 Å². The van der Waals surface area contributed by atoms with Gasteiger partial charge in [0.1, 0.15) is 11.7 Å². The van der Waals surface area contributed by atoms with Crippen molar-refractivity contribution in [1.29, 1.82) is 0 Å². The van der Waals surface area contributed by atoms with E-state index in [1.165, 1.54) is 0 Å². The number of rotatable bonds is 5. The number of carbonyl (C=O) groups excluding carboxylic acids is 1. The van der Waals surface area contributed by atoms with Crippen LogP contribution in [0.5, 0.6) is 0 Å². The van der Waals surface area contributed by atoms with E-state index in [4.69, 9.17) is 4.74 Å². The Morgan fingerprint density at radius 3 is 2.68 bits per heavy atom. The number of esters is 1. The lowest BCUT2D eigenvalue weighted by Crippen LogP contribution is -2.38. The number of carbonyl (C=O) groups is 1. The van der Waals surface area contributed by atoms with Gasteiger partial charge in [0.2, 0.25) is 0 Å². The molecule has 2 heterocycles. The number of hydrogen-bond acceptors (Lipinski definition) is 5. The van der Waals surface area contributed by atoms with Crippen molar-refractivity contribution in [2.24, 2.45) is 0 Å². The Balaban J connectivity index is 2.58. The van der Waals surface area contributed by atoms with E-state index in [9.17, 15) is 4.79 Å². The average Bonchev–Trinajstić information content (AvgIpc) is 2.86. The van der Waals surface area contributed by atoms with Crippen molar-refractivity contribution in [3.8, 4) is 0 Å². The summed E-state index contributed by atoms with van der Waals surface area (Å²) in [6, 6.07) is 1.76. The molecule has 0 atom stereocenters. The van der Waals surface area contributed by atoms with E-state index < -0.39 is 5.41 Å². The molecule has 0 aliphatic rings. The molecule has 2 aromatic heterocycles. The van der Waals surface area contributed by atoms with Gasteiger partial charge in [0.25, 0.3) is 0 Å². The highest BCUT2D eigenvalue weighted by Gasteiger charge is 2.42. The molecule has 0 bridgehead atoms. The lowest BCUT2D eigenvalue weighted by Gasteiger charge is -2.26. The summed E-state index contributed by atoms with van der Waals surface area (Å²) in [6.45, 7) is 6.07. The Morgan fingerprint density at radius 1 is 1.32 bits per heavy atom. The molecule has 0 saturated carbocycles. The van der Waals surface area contributed by atoms with Crippen molar-refractivity contribution in [2.45, 2.75) is 39.0 Å². The third-order valence-electron chi connectivity index (χ3n) is 3.52. The Hall–Kier alpha value is -1.98. The first-order chi connectivity index (χ1) is 9.19. The SMILES string of the molecule is CCOC(=O)C(CC)(CC)c1nnc2ccncn12. The molecule has 0 radical (unpaired) electrons. The Kier molecular flexibility index (Phi) is 3.78. The molecular weight excluding hydrogens is 244 g/mol. The van der Waals surface area contributed by atoms with Crippen LogP contribution in [-0.4, -0.2) is 32.2 Å². The molecule has 102 valence electrons. The number of hydrogen-bond donors (Lipinski definition) is 0. The van der Waals surface area contributed by atoms with Crippen LogP contribution in [0.25, 0.3) is 5.65 Å². The average molecular weight is 262 g/mol. The standard InChI is InChI=1S/C13H18N4O2/c1-4-13(5-2,12(18)19-6-3)11-16-15-10-7-8-14-9-17(10)11/h7-9H,4-6H2,1-3H3. The third kappa shape index (κ3) is 2.07. The lowest BCUT2D eigenvalue weighted by atomic mass is 9.81. The van der Waals surface area contributed by atoms with E-state index in [1.54, 1.807) is 29.9 Å². The predicted octanol–water partition coefficient (Wildman–Crippen LogP) is 1.75. The lowest BCUT2D eigenvalue weighted by molar-refractivity contribution is -0.151. The smallest absolute Gasteiger partial charge is 0.319 e. The summed E-state index contributed by atoms with van der Waals surface area (Å²) < 4.78 is 6.98. The highest BCUT2D eigenvalue weighted by molar-refractivity contribution is 5.82. The van der Waals surface area contributed by atoms with Gasteiger partial charge in [-0.25, -0.2) is 4.98 Å². The zero-order chi connectivity index (χ0) is 13.9. The van der Waals surface area contributed by atoms with E-state index in [2.05, 4.69) is 15.2 Å². The van der Waals surface area contributed by atoms with Crippen LogP contribution in [0, 0.1) is 0 Å². The molecule has 0 spiro atoms. The highest BCUT2D eigenvalue weighted by Crippen LogP contribution is 2.32. The van der Waals surface area contributed by atoms with Crippen LogP contribution in [0.15, 0.2) is 18.6 Å². The number of fused-ring (bicyclic) bond motifs is 1. The maximum Gasteiger partial charge on any atom is 0.319 e. The van der Waals surface area contributed by atoms with Gasteiger partial charge in [-0.2, -0.15) is 0 Å². The molecule has 0 aliphatic heterocycles. The molecule has 0 saturated heterocycles. The molecule has 0 unspecified atom stereocenters. The molecule has 0 amide bonds. The fourth-order valence-corrected chi connectivity index (χ4v) is 2.29. The Morgan fingerprint density at radius 2 is 2.05 bits per heavy atom. The molecule has 6 nitrogen and oxygen atoms in total. The summed E-state index contributed by atoms with van der Waals surface area (Å²) in [5.41, 5.74) is -0.0843. The minimum absolute atomic E-state index is 0.252. The van der Waals surface area contributed by atoms with Crippen LogP contribution in [-0.2, 0) is 14.9 Å². The zero-order valence-corrected chi connectivity index (χ0v) is 11.5. The summed E-state index contributed by atoms with van der Waals surface area (Å²) in [4.78, 5) is 16.4. The third-order valence-corrected chi connectivity index (χ3v) is 3.52. The van der Waals surface area contributed by atoms with Gasteiger partial charge in [0, 0.05) is 12.3 Å². The Labute approximate surface area is 111 Å². The first kappa shape index (κ1) is 13.5. The topological polar surface area (TPSA) is 69.4 Å². The molecule has 0 aliphatic carbocycles. The number of nitrogens with zero attached hydrogens (tertiary/aromatic N) is 4. The molecule has 6 heteroatoms. The monoisotopic (exact) mass is 262 g/mol. The van der Waals surface area contributed by atoms with Crippen molar-refractivity contribution >= 4 is 11.6 Å². The minimum atomic E-state index is -0.765. The predicted molar refractivity (Wildman–Crippen MR) is 69.7 cm³/mol. The van der Waals surface area contributed by atoms with Crippen LogP contribution in [0.2, 0.25) is 0 Å². The van der Waals surface area contributed by atoms with Crippen molar-refractivity contribution < 1.29 is 9.53 Å². The first-order valence-electron chi connectivity index (χ1n) is 6.52. The zero-order valence-electron chi connectivity index (χ0n) is 11.5. The molecule has 0 fully saturated rings. The quantitative estimate of drug-likeness (QED) is 0.768.